The van der Waals surface area contributed by atoms with Crippen LogP contribution in [0.2, 0.25) is 0 Å². The number of hydrogen-bond acceptors (Lipinski definition) is 5. The third-order valence-corrected chi connectivity index (χ3v) is 2.72. The number of carbonyl (C=O) groups is 1. The number of esters is 1. The number of carbonyl (C=O) groups excluding carboxylic acids is 1. The quantitative estimate of drug-likeness (QED) is 0.623. The Hall–Kier alpha value is -1.51. The first-order valence-electron chi connectivity index (χ1n) is 4.90. The van der Waals surface area contributed by atoms with E-state index in [-0.39, 0.29) is 5.97 Å². The van der Waals surface area contributed by atoms with Crippen molar-refractivity contribution in [2.75, 3.05) is 6.61 Å². The van der Waals surface area contributed by atoms with Crippen molar-refractivity contribution in [3.8, 4) is 5.82 Å². The van der Waals surface area contributed by atoms with E-state index in [4.69, 9.17) is 4.74 Å². The van der Waals surface area contributed by atoms with E-state index < -0.39 is 0 Å². The molecular formula is C10H9IN4O2. The molecule has 6 nitrogen and oxygen atoms in total. The van der Waals surface area contributed by atoms with Crippen molar-refractivity contribution >= 4 is 28.6 Å². The zero-order valence-electron chi connectivity index (χ0n) is 9.00. The summed E-state index contributed by atoms with van der Waals surface area (Å²) in [5, 5.41) is 4.07. The largest absolute Gasteiger partial charge is 0.462 e. The van der Waals surface area contributed by atoms with Crippen LogP contribution in [-0.2, 0) is 4.74 Å². The van der Waals surface area contributed by atoms with Crippen molar-refractivity contribution in [3.05, 3.63) is 34.1 Å². The molecule has 88 valence electrons. The van der Waals surface area contributed by atoms with Crippen LogP contribution in [0.1, 0.15) is 17.3 Å². The number of nitrogens with zero attached hydrogens (tertiary/aromatic N) is 4. The van der Waals surface area contributed by atoms with E-state index in [2.05, 4.69) is 37.7 Å². The second-order valence-corrected chi connectivity index (χ2v) is 4.25. The molecule has 17 heavy (non-hydrogen) atoms. The highest BCUT2D eigenvalue weighted by Crippen LogP contribution is 2.12. The fraction of sp³-hybridized carbons (Fsp3) is 0.200. The average Bonchev–Trinajstić information content (AvgIpc) is 2.79. The molecule has 0 fully saturated rings. The van der Waals surface area contributed by atoms with E-state index in [1.165, 1.54) is 17.2 Å². The Balaban J connectivity index is 2.30. The molecule has 2 aromatic heterocycles. The van der Waals surface area contributed by atoms with Crippen LogP contribution >= 0.6 is 22.6 Å². The topological polar surface area (TPSA) is 69.9 Å². The van der Waals surface area contributed by atoms with Crippen LogP contribution in [0.5, 0.6) is 0 Å². The molecule has 0 unspecified atom stereocenters. The first-order chi connectivity index (χ1) is 8.22. The first-order valence-corrected chi connectivity index (χ1v) is 5.98. The molecule has 0 bridgehead atoms. The summed E-state index contributed by atoms with van der Waals surface area (Å²) in [6.45, 7) is 2.10. The Morgan fingerprint density at radius 1 is 1.53 bits per heavy atom. The molecule has 0 aliphatic carbocycles. The maximum atomic E-state index is 11.5. The van der Waals surface area contributed by atoms with Gasteiger partial charge in [-0.1, -0.05) is 0 Å². The van der Waals surface area contributed by atoms with Crippen molar-refractivity contribution in [1.82, 2.24) is 19.7 Å². The Labute approximate surface area is 111 Å². The number of rotatable bonds is 3. The Morgan fingerprint density at radius 2 is 2.35 bits per heavy atom. The Bertz CT molecular complexity index is 541. The Kier molecular flexibility index (Phi) is 3.67. The number of ether oxygens (including phenoxy) is 1. The minimum atomic E-state index is -0.386. The zero-order valence-corrected chi connectivity index (χ0v) is 11.2. The maximum absolute atomic E-state index is 11.5. The van der Waals surface area contributed by atoms with E-state index in [1.54, 1.807) is 19.3 Å². The molecule has 0 amide bonds. The molecule has 0 atom stereocenters. The predicted octanol–water partition coefficient (Wildman–Crippen LogP) is 1.44. The molecule has 0 radical (unpaired) electrons. The van der Waals surface area contributed by atoms with Crippen molar-refractivity contribution in [2.45, 2.75) is 6.92 Å². The van der Waals surface area contributed by atoms with Gasteiger partial charge in [-0.2, -0.15) is 5.10 Å². The van der Waals surface area contributed by atoms with Crippen LogP contribution in [0.4, 0.5) is 0 Å². The number of halogens is 1. The number of aromatic nitrogens is 4. The van der Waals surface area contributed by atoms with Crippen molar-refractivity contribution in [3.63, 3.8) is 0 Å². The summed E-state index contributed by atoms with van der Waals surface area (Å²) in [7, 11) is 0. The SMILES string of the molecule is CCOC(=O)c1cnn(-c2ncncc2I)c1. The zero-order chi connectivity index (χ0) is 12.3. The van der Waals surface area contributed by atoms with E-state index in [0.29, 0.717) is 18.0 Å². The van der Waals surface area contributed by atoms with Crippen LogP contribution in [-0.4, -0.2) is 32.3 Å². The lowest BCUT2D eigenvalue weighted by Crippen LogP contribution is -2.04. The standard InChI is InChI=1S/C10H9IN4O2/c1-2-17-10(16)7-3-14-15(5-7)9-8(11)4-12-6-13-9/h3-6H,2H2,1H3. The van der Waals surface area contributed by atoms with Crippen LogP contribution in [0.3, 0.4) is 0 Å². The van der Waals surface area contributed by atoms with Gasteiger partial charge in [0.2, 0.25) is 0 Å². The van der Waals surface area contributed by atoms with Gasteiger partial charge in [0.05, 0.1) is 21.9 Å². The van der Waals surface area contributed by atoms with Gasteiger partial charge in [-0.05, 0) is 29.5 Å². The smallest absolute Gasteiger partial charge is 0.341 e. The Morgan fingerprint density at radius 3 is 3.06 bits per heavy atom. The van der Waals surface area contributed by atoms with Gasteiger partial charge in [-0.25, -0.2) is 19.4 Å². The second kappa shape index (κ2) is 5.21. The van der Waals surface area contributed by atoms with Gasteiger partial charge in [0.1, 0.15) is 6.33 Å². The van der Waals surface area contributed by atoms with Crippen LogP contribution in [0, 0.1) is 3.57 Å². The number of hydrogen-bond donors (Lipinski definition) is 0. The van der Waals surface area contributed by atoms with Gasteiger partial charge in [-0.15, -0.1) is 0 Å². The highest BCUT2D eigenvalue weighted by molar-refractivity contribution is 14.1. The molecule has 2 aromatic rings. The van der Waals surface area contributed by atoms with Gasteiger partial charge in [0.15, 0.2) is 5.82 Å². The highest BCUT2D eigenvalue weighted by atomic mass is 127. The third kappa shape index (κ3) is 2.60. The van der Waals surface area contributed by atoms with Gasteiger partial charge in [0.25, 0.3) is 0 Å². The minimum absolute atomic E-state index is 0.342. The molecule has 0 saturated heterocycles. The third-order valence-electron chi connectivity index (χ3n) is 1.96. The minimum Gasteiger partial charge on any atom is -0.462 e. The molecule has 7 heteroatoms. The van der Waals surface area contributed by atoms with Gasteiger partial charge in [0, 0.05) is 12.4 Å². The molecule has 0 N–H and O–H groups in total. The second-order valence-electron chi connectivity index (χ2n) is 3.09. The molecule has 0 spiro atoms. The lowest BCUT2D eigenvalue weighted by Gasteiger charge is -2.01. The molecule has 0 saturated carbocycles. The summed E-state index contributed by atoms with van der Waals surface area (Å²) in [4.78, 5) is 19.5. The van der Waals surface area contributed by atoms with Crippen molar-refractivity contribution in [2.24, 2.45) is 0 Å². The van der Waals surface area contributed by atoms with Crippen LogP contribution < -0.4 is 0 Å². The van der Waals surface area contributed by atoms with E-state index in [0.717, 1.165) is 3.57 Å². The normalized spacial score (nSPS) is 10.2. The summed E-state index contributed by atoms with van der Waals surface area (Å²) in [6.07, 6.45) is 6.15. The van der Waals surface area contributed by atoms with E-state index >= 15 is 0 Å². The molecule has 0 aliphatic heterocycles. The van der Waals surface area contributed by atoms with Gasteiger partial charge in [-0.3, -0.25) is 0 Å². The fourth-order valence-electron chi connectivity index (χ4n) is 1.23. The maximum Gasteiger partial charge on any atom is 0.341 e. The van der Waals surface area contributed by atoms with Crippen LogP contribution in [0.25, 0.3) is 5.82 Å². The lowest BCUT2D eigenvalue weighted by atomic mass is 10.4. The van der Waals surface area contributed by atoms with Crippen molar-refractivity contribution in [1.29, 1.82) is 0 Å². The predicted molar refractivity (Wildman–Crippen MR) is 67.8 cm³/mol. The molecule has 0 aliphatic rings. The fourth-order valence-corrected chi connectivity index (χ4v) is 1.78. The summed E-state index contributed by atoms with van der Waals surface area (Å²) in [5.41, 5.74) is 0.404. The molecule has 0 aromatic carbocycles. The summed E-state index contributed by atoms with van der Waals surface area (Å²) < 4.78 is 7.25. The summed E-state index contributed by atoms with van der Waals surface area (Å²) >= 11 is 2.11. The first kappa shape index (κ1) is 12.0. The van der Waals surface area contributed by atoms with Crippen LogP contribution in [0.15, 0.2) is 24.9 Å². The van der Waals surface area contributed by atoms with E-state index in [9.17, 15) is 4.79 Å². The van der Waals surface area contributed by atoms with Gasteiger partial charge < -0.3 is 4.74 Å². The van der Waals surface area contributed by atoms with Gasteiger partial charge >= 0.3 is 5.97 Å². The molecule has 2 rings (SSSR count). The lowest BCUT2D eigenvalue weighted by molar-refractivity contribution is 0.0526. The monoisotopic (exact) mass is 344 g/mol. The molecular weight excluding hydrogens is 335 g/mol. The molecule has 2 heterocycles. The highest BCUT2D eigenvalue weighted by Gasteiger charge is 2.11. The summed E-state index contributed by atoms with van der Waals surface area (Å²) in [6, 6.07) is 0. The van der Waals surface area contributed by atoms with E-state index in [1.807, 2.05) is 0 Å². The summed E-state index contributed by atoms with van der Waals surface area (Å²) in [5.74, 6) is 0.249. The average molecular weight is 344 g/mol. The van der Waals surface area contributed by atoms with Crippen molar-refractivity contribution < 1.29 is 9.53 Å².